The molecule has 1 saturated heterocycles. The maximum absolute atomic E-state index is 11.0. The highest BCUT2D eigenvalue weighted by Crippen LogP contribution is 2.16. The molecule has 112 valence electrons. The SMILES string of the molecule is C/C(=N/NC(=O)C(N)=O)c1ccc(N2CCOCC2)cc1. The minimum Gasteiger partial charge on any atom is -0.378 e. The maximum atomic E-state index is 11.0. The molecule has 0 bridgehead atoms. The maximum Gasteiger partial charge on any atom is 0.329 e. The van der Waals surface area contributed by atoms with Gasteiger partial charge in [-0.2, -0.15) is 5.10 Å². The first-order chi connectivity index (χ1) is 10.1. The largest absolute Gasteiger partial charge is 0.378 e. The van der Waals surface area contributed by atoms with Crippen molar-refractivity contribution in [2.45, 2.75) is 6.92 Å². The Morgan fingerprint density at radius 1 is 1.24 bits per heavy atom. The molecule has 0 spiro atoms. The predicted octanol–water partition coefficient (Wildman–Crippen LogP) is -0.151. The Morgan fingerprint density at radius 3 is 2.43 bits per heavy atom. The molecule has 3 N–H and O–H groups in total. The Labute approximate surface area is 122 Å². The third-order valence-corrected chi connectivity index (χ3v) is 3.21. The molecule has 0 atom stereocenters. The monoisotopic (exact) mass is 290 g/mol. The second-order valence-electron chi connectivity index (χ2n) is 4.65. The van der Waals surface area contributed by atoms with Crippen LogP contribution in [0.4, 0.5) is 5.69 Å². The molecule has 1 aromatic rings. The fraction of sp³-hybridized carbons (Fsp3) is 0.357. The molecule has 1 aliphatic rings. The highest BCUT2D eigenvalue weighted by molar-refractivity contribution is 6.34. The second-order valence-corrected chi connectivity index (χ2v) is 4.65. The lowest BCUT2D eigenvalue weighted by molar-refractivity contribution is -0.137. The number of hydrogen-bond acceptors (Lipinski definition) is 5. The lowest BCUT2D eigenvalue weighted by atomic mass is 10.1. The quantitative estimate of drug-likeness (QED) is 0.459. The Bertz CT molecular complexity index is 548. The minimum absolute atomic E-state index is 0.595. The van der Waals surface area contributed by atoms with E-state index < -0.39 is 11.8 Å². The van der Waals surface area contributed by atoms with Crippen LogP contribution in [0.1, 0.15) is 12.5 Å². The second kappa shape index (κ2) is 6.85. The van der Waals surface area contributed by atoms with E-state index in [4.69, 9.17) is 10.5 Å². The number of anilines is 1. The number of nitrogens with one attached hydrogen (secondary N) is 1. The average molecular weight is 290 g/mol. The third kappa shape index (κ3) is 4.03. The van der Waals surface area contributed by atoms with Crippen molar-refractivity contribution in [3.05, 3.63) is 29.8 Å². The highest BCUT2D eigenvalue weighted by atomic mass is 16.5. The first-order valence-electron chi connectivity index (χ1n) is 6.65. The van der Waals surface area contributed by atoms with Crippen LogP contribution in [0.15, 0.2) is 29.4 Å². The lowest BCUT2D eigenvalue weighted by Crippen LogP contribution is -2.36. The first kappa shape index (κ1) is 15.0. The van der Waals surface area contributed by atoms with Gasteiger partial charge in [-0.3, -0.25) is 9.59 Å². The summed E-state index contributed by atoms with van der Waals surface area (Å²) in [5.74, 6) is -1.99. The Hall–Kier alpha value is -2.41. The topological polar surface area (TPSA) is 97.0 Å². The Morgan fingerprint density at radius 2 is 1.86 bits per heavy atom. The van der Waals surface area contributed by atoms with Gasteiger partial charge in [-0.05, 0) is 24.6 Å². The zero-order valence-electron chi connectivity index (χ0n) is 11.8. The molecule has 0 radical (unpaired) electrons. The van der Waals surface area contributed by atoms with E-state index in [0.29, 0.717) is 5.71 Å². The first-order valence-corrected chi connectivity index (χ1v) is 6.65. The van der Waals surface area contributed by atoms with Gasteiger partial charge in [-0.15, -0.1) is 0 Å². The number of morpholine rings is 1. The van der Waals surface area contributed by atoms with E-state index in [0.717, 1.165) is 37.6 Å². The van der Waals surface area contributed by atoms with E-state index >= 15 is 0 Å². The molecule has 7 nitrogen and oxygen atoms in total. The number of hydrogen-bond donors (Lipinski definition) is 2. The number of nitrogens with zero attached hydrogens (tertiary/aromatic N) is 2. The molecule has 1 aliphatic heterocycles. The van der Waals surface area contributed by atoms with Crippen molar-refractivity contribution in [2.75, 3.05) is 31.2 Å². The van der Waals surface area contributed by atoms with Crippen LogP contribution in [-0.4, -0.2) is 43.8 Å². The van der Waals surface area contributed by atoms with Gasteiger partial charge in [0.05, 0.1) is 18.9 Å². The van der Waals surface area contributed by atoms with Crippen LogP contribution in [0.2, 0.25) is 0 Å². The molecule has 1 aromatic carbocycles. The van der Waals surface area contributed by atoms with E-state index in [1.807, 2.05) is 24.3 Å². The molecule has 1 heterocycles. The van der Waals surface area contributed by atoms with E-state index in [2.05, 4.69) is 15.4 Å². The highest BCUT2D eigenvalue weighted by Gasteiger charge is 2.11. The van der Waals surface area contributed by atoms with Crippen molar-refractivity contribution in [1.82, 2.24) is 5.43 Å². The molecule has 2 amide bonds. The van der Waals surface area contributed by atoms with Crippen LogP contribution in [0.3, 0.4) is 0 Å². The summed E-state index contributed by atoms with van der Waals surface area (Å²) in [5, 5.41) is 3.84. The summed E-state index contributed by atoms with van der Waals surface area (Å²) in [6, 6.07) is 7.82. The van der Waals surface area contributed by atoms with Gasteiger partial charge in [-0.1, -0.05) is 12.1 Å². The number of hydrazone groups is 1. The van der Waals surface area contributed by atoms with Crippen LogP contribution in [0.25, 0.3) is 0 Å². The number of benzene rings is 1. The summed E-state index contributed by atoms with van der Waals surface area (Å²) >= 11 is 0. The number of nitrogens with two attached hydrogens (primary N) is 1. The van der Waals surface area contributed by atoms with Crippen molar-refractivity contribution in [1.29, 1.82) is 0 Å². The van der Waals surface area contributed by atoms with Gasteiger partial charge in [-0.25, -0.2) is 5.43 Å². The molecule has 1 fully saturated rings. The van der Waals surface area contributed by atoms with E-state index in [-0.39, 0.29) is 0 Å². The fourth-order valence-corrected chi connectivity index (χ4v) is 1.99. The van der Waals surface area contributed by atoms with Crippen LogP contribution in [0, 0.1) is 0 Å². The molecule has 0 aromatic heterocycles. The Balaban J connectivity index is 2.02. The number of primary amides is 1. The predicted molar refractivity (Wildman–Crippen MR) is 79.0 cm³/mol. The van der Waals surface area contributed by atoms with Crippen LogP contribution >= 0.6 is 0 Å². The van der Waals surface area contributed by atoms with Crippen LogP contribution in [-0.2, 0) is 14.3 Å². The molecule has 7 heteroatoms. The van der Waals surface area contributed by atoms with E-state index in [9.17, 15) is 9.59 Å². The number of amides is 2. The summed E-state index contributed by atoms with van der Waals surface area (Å²) in [7, 11) is 0. The third-order valence-electron chi connectivity index (χ3n) is 3.21. The minimum atomic E-state index is -1.06. The number of ether oxygens (including phenoxy) is 1. The van der Waals surface area contributed by atoms with Gasteiger partial charge < -0.3 is 15.4 Å². The summed E-state index contributed by atoms with van der Waals surface area (Å²) in [6.07, 6.45) is 0. The van der Waals surface area contributed by atoms with Crippen molar-refractivity contribution in [3.63, 3.8) is 0 Å². The Kier molecular flexibility index (Phi) is 4.89. The van der Waals surface area contributed by atoms with Crippen molar-refractivity contribution >= 4 is 23.2 Å². The summed E-state index contributed by atoms with van der Waals surface area (Å²) < 4.78 is 5.32. The molecule has 0 unspecified atom stereocenters. The standard InChI is InChI=1S/C14H18N4O3/c1-10(16-17-14(20)13(15)19)11-2-4-12(5-3-11)18-6-8-21-9-7-18/h2-5H,6-9H2,1H3,(H2,15,19)(H,17,20)/b16-10-. The van der Waals surface area contributed by atoms with Gasteiger partial charge >= 0.3 is 11.8 Å². The number of carbonyl (C=O) groups excluding carboxylic acids is 2. The van der Waals surface area contributed by atoms with E-state index in [1.54, 1.807) is 6.92 Å². The van der Waals surface area contributed by atoms with Gasteiger partial charge in [0.15, 0.2) is 0 Å². The lowest BCUT2D eigenvalue weighted by Gasteiger charge is -2.28. The number of rotatable bonds is 3. The van der Waals surface area contributed by atoms with Gasteiger partial charge in [0, 0.05) is 18.8 Å². The molecular weight excluding hydrogens is 272 g/mol. The fourth-order valence-electron chi connectivity index (χ4n) is 1.99. The van der Waals surface area contributed by atoms with Gasteiger partial charge in [0.25, 0.3) is 0 Å². The molecule has 21 heavy (non-hydrogen) atoms. The van der Waals surface area contributed by atoms with Crippen LogP contribution < -0.4 is 16.1 Å². The van der Waals surface area contributed by atoms with Crippen molar-refractivity contribution in [3.8, 4) is 0 Å². The molecule has 0 aliphatic carbocycles. The number of carbonyl (C=O) groups is 2. The van der Waals surface area contributed by atoms with Gasteiger partial charge in [0.2, 0.25) is 0 Å². The molecule has 2 rings (SSSR count). The van der Waals surface area contributed by atoms with E-state index in [1.165, 1.54) is 0 Å². The normalized spacial score (nSPS) is 15.7. The van der Waals surface area contributed by atoms with Crippen molar-refractivity contribution in [2.24, 2.45) is 10.8 Å². The summed E-state index contributed by atoms with van der Waals surface area (Å²) in [6.45, 7) is 4.97. The zero-order chi connectivity index (χ0) is 15.2. The molecule has 0 saturated carbocycles. The summed E-state index contributed by atoms with van der Waals surface area (Å²) in [4.78, 5) is 23.9. The van der Waals surface area contributed by atoms with Gasteiger partial charge in [0.1, 0.15) is 0 Å². The van der Waals surface area contributed by atoms with Crippen LogP contribution in [0.5, 0.6) is 0 Å². The molecular formula is C14H18N4O3. The smallest absolute Gasteiger partial charge is 0.329 e. The average Bonchev–Trinajstić information content (AvgIpc) is 2.53. The zero-order valence-corrected chi connectivity index (χ0v) is 11.8. The summed E-state index contributed by atoms with van der Waals surface area (Å²) in [5.41, 5.74) is 9.51. The van der Waals surface area contributed by atoms with Crippen molar-refractivity contribution < 1.29 is 14.3 Å².